The number of allylic oxidation sites excluding steroid dienone is 2. The van der Waals surface area contributed by atoms with Crippen LogP contribution in [0.4, 0.5) is 5.69 Å². The summed E-state index contributed by atoms with van der Waals surface area (Å²) in [5.41, 5.74) is 3.26. The maximum Gasteiger partial charge on any atom is 0.340 e. The second-order valence-corrected chi connectivity index (χ2v) is 11.2. The van der Waals surface area contributed by atoms with E-state index in [9.17, 15) is 23.3 Å². The summed E-state index contributed by atoms with van der Waals surface area (Å²) in [6.07, 6.45) is 1.28. The molecule has 0 aliphatic carbocycles. The van der Waals surface area contributed by atoms with E-state index in [2.05, 4.69) is 5.10 Å². The molecule has 1 aromatic heterocycles. The Morgan fingerprint density at radius 1 is 1.05 bits per heavy atom. The lowest BCUT2D eigenvalue weighted by atomic mass is 9.90. The lowest BCUT2D eigenvalue weighted by Gasteiger charge is -2.15. The fourth-order valence-electron chi connectivity index (χ4n) is 3.91. The fourth-order valence-corrected chi connectivity index (χ4v) is 4.86. The Labute approximate surface area is 217 Å². The summed E-state index contributed by atoms with van der Waals surface area (Å²) in [5.74, 6) is -0.655. The molecular formula is C27H31N3O6S. The van der Waals surface area contributed by atoms with Gasteiger partial charge in [-0.3, -0.25) is 14.9 Å². The maximum atomic E-state index is 13.8. The standard InChI is InChI=1S/C27H31N3O6S/c1-16(2)15-29-27(36-37(34,35)21-10-8-18(5)9-11-21)23(14-28-29)26(31)22-12-13-24(30(32)33)25(20(22)7)19(6)17(3)4/h8-14,16H,15H2,1-7H3. The molecule has 9 nitrogen and oxygen atoms in total. The van der Waals surface area contributed by atoms with Crippen molar-refractivity contribution in [3.63, 3.8) is 0 Å². The van der Waals surface area contributed by atoms with Gasteiger partial charge in [-0.15, -0.1) is 0 Å². The Kier molecular flexibility index (Phi) is 8.02. The van der Waals surface area contributed by atoms with Crippen LogP contribution in [-0.4, -0.2) is 28.9 Å². The normalized spacial score (nSPS) is 11.5. The van der Waals surface area contributed by atoms with Gasteiger partial charge in [-0.2, -0.15) is 13.5 Å². The second-order valence-electron chi connectivity index (χ2n) is 9.63. The number of carbonyl (C=O) groups excluding carboxylic acids is 1. The van der Waals surface area contributed by atoms with E-state index >= 15 is 0 Å². The molecule has 0 saturated carbocycles. The molecule has 0 radical (unpaired) electrons. The highest BCUT2D eigenvalue weighted by molar-refractivity contribution is 7.87. The van der Waals surface area contributed by atoms with Gasteiger partial charge in [-0.05, 0) is 69.9 Å². The predicted octanol–water partition coefficient (Wildman–Crippen LogP) is 5.88. The van der Waals surface area contributed by atoms with Gasteiger partial charge in [0, 0.05) is 18.2 Å². The highest BCUT2D eigenvalue weighted by atomic mass is 32.2. The second kappa shape index (κ2) is 10.7. The number of hydrogen-bond donors (Lipinski definition) is 0. The van der Waals surface area contributed by atoms with Crippen molar-refractivity contribution in [2.45, 2.75) is 59.9 Å². The third-order valence-electron chi connectivity index (χ3n) is 6.08. The first-order valence-corrected chi connectivity index (χ1v) is 13.2. The first kappa shape index (κ1) is 27.8. The number of benzene rings is 2. The molecule has 0 amide bonds. The molecule has 0 aliphatic rings. The Morgan fingerprint density at radius 2 is 1.68 bits per heavy atom. The molecule has 2 aromatic carbocycles. The van der Waals surface area contributed by atoms with Crippen LogP contribution in [0.1, 0.15) is 67.2 Å². The van der Waals surface area contributed by atoms with Crippen LogP contribution in [0.25, 0.3) is 5.57 Å². The van der Waals surface area contributed by atoms with Gasteiger partial charge in [0.1, 0.15) is 10.5 Å². The average Bonchev–Trinajstić information content (AvgIpc) is 3.18. The average molecular weight is 526 g/mol. The smallest absolute Gasteiger partial charge is 0.340 e. The molecule has 0 fully saturated rings. The zero-order valence-electron chi connectivity index (χ0n) is 22.0. The van der Waals surface area contributed by atoms with Gasteiger partial charge in [0.2, 0.25) is 5.88 Å². The molecule has 10 heteroatoms. The quantitative estimate of drug-likeness (QED) is 0.148. The van der Waals surface area contributed by atoms with Gasteiger partial charge in [0.25, 0.3) is 5.69 Å². The van der Waals surface area contributed by atoms with Gasteiger partial charge in [0.05, 0.1) is 16.7 Å². The molecule has 0 N–H and O–H groups in total. The van der Waals surface area contributed by atoms with Crippen molar-refractivity contribution in [3.8, 4) is 5.88 Å². The van der Waals surface area contributed by atoms with Crippen LogP contribution >= 0.6 is 0 Å². The van der Waals surface area contributed by atoms with E-state index in [1.54, 1.807) is 26.0 Å². The third-order valence-corrected chi connectivity index (χ3v) is 7.31. The van der Waals surface area contributed by atoms with Crippen molar-refractivity contribution < 1.29 is 22.3 Å². The zero-order chi connectivity index (χ0) is 27.7. The lowest BCUT2D eigenvalue weighted by molar-refractivity contribution is -0.385. The van der Waals surface area contributed by atoms with Crippen molar-refractivity contribution in [1.29, 1.82) is 0 Å². The molecule has 3 rings (SSSR count). The minimum Gasteiger partial charge on any atom is -0.358 e. The highest BCUT2D eigenvalue weighted by Crippen LogP contribution is 2.35. The first-order valence-electron chi connectivity index (χ1n) is 11.8. The number of aryl methyl sites for hydroxylation is 1. The Hall–Kier alpha value is -3.79. The van der Waals surface area contributed by atoms with Crippen LogP contribution in [0.5, 0.6) is 5.88 Å². The largest absolute Gasteiger partial charge is 0.358 e. The number of ketones is 1. The van der Waals surface area contributed by atoms with Crippen molar-refractivity contribution in [3.05, 3.63) is 86.1 Å². The Balaban J connectivity index is 2.18. The summed E-state index contributed by atoms with van der Waals surface area (Å²) in [7, 11) is -4.27. The summed E-state index contributed by atoms with van der Waals surface area (Å²) in [6.45, 7) is 13.1. The van der Waals surface area contributed by atoms with E-state index < -0.39 is 20.8 Å². The summed E-state index contributed by atoms with van der Waals surface area (Å²) in [6, 6.07) is 8.86. The zero-order valence-corrected chi connectivity index (χ0v) is 22.8. The monoisotopic (exact) mass is 525 g/mol. The van der Waals surface area contributed by atoms with E-state index in [-0.39, 0.29) is 33.5 Å². The van der Waals surface area contributed by atoms with Crippen LogP contribution in [0.2, 0.25) is 0 Å². The van der Waals surface area contributed by atoms with Gasteiger partial charge in [-0.25, -0.2) is 4.68 Å². The van der Waals surface area contributed by atoms with E-state index in [1.165, 1.54) is 35.1 Å². The van der Waals surface area contributed by atoms with E-state index in [0.717, 1.165) is 11.1 Å². The van der Waals surface area contributed by atoms with Gasteiger partial charge < -0.3 is 4.18 Å². The number of carbonyl (C=O) groups is 1. The van der Waals surface area contributed by atoms with Crippen molar-refractivity contribution in [2.24, 2.45) is 5.92 Å². The number of nitrogens with zero attached hydrogens (tertiary/aromatic N) is 3. The van der Waals surface area contributed by atoms with Crippen LogP contribution < -0.4 is 4.18 Å². The summed E-state index contributed by atoms with van der Waals surface area (Å²) < 4.78 is 33.1. The molecule has 0 atom stereocenters. The topological polar surface area (TPSA) is 121 Å². The van der Waals surface area contributed by atoms with Crippen LogP contribution in [0.15, 0.2) is 53.1 Å². The number of nitro groups is 1. The number of aromatic nitrogens is 2. The summed E-state index contributed by atoms with van der Waals surface area (Å²) >= 11 is 0. The molecule has 0 unspecified atom stereocenters. The summed E-state index contributed by atoms with van der Waals surface area (Å²) in [5, 5.41) is 16.0. The molecule has 0 aliphatic heterocycles. The molecule has 1 heterocycles. The van der Waals surface area contributed by atoms with Crippen LogP contribution in [0, 0.1) is 29.9 Å². The predicted molar refractivity (Wildman–Crippen MR) is 141 cm³/mol. The number of hydrogen-bond acceptors (Lipinski definition) is 7. The third kappa shape index (κ3) is 5.80. The summed E-state index contributed by atoms with van der Waals surface area (Å²) in [4.78, 5) is 25.0. The number of nitro benzene ring substituents is 1. The van der Waals surface area contributed by atoms with Gasteiger partial charge in [0.15, 0.2) is 5.78 Å². The van der Waals surface area contributed by atoms with Crippen molar-refractivity contribution in [2.75, 3.05) is 0 Å². The van der Waals surface area contributed by atoms with Crippen molar-refractivity contribution >= 4 is 27.2 Å². The van der Waals surface area contributed by atoms with Crippen LogP contribution in [0.3, 0.4) is 0 Å². The van der Waals surface area contributed by atoms with Gasteiger partial charge in [-0.1, -0.05) is 37.1 Å². The Morgan fingerprint density at radius 3 is 2.22 bits per heavy atom. The fraction of sp³-hybridized carbons (Fsp3) is 0.333. The minimum absolute atomic E-state index is 0.0471. The molecule has 3 aromatic rings. The van der Waals surface area contributed by atoms with E-state index in [0.29, 0.717) is 23.2 Å². The number of rotatable bonds is 9. The van der Waals surface area contributed by atoms with E-state index in [1.807, 2.05) is 34.6 Å². The van der Waals surface area contributed by atoms with Crippen molar-refractivity contribution in [1.82, 2.24) is 9.78 Å². The molecule has 0 saturated heterocycles. The van der Waals surface area contributed by atoms with Crippen LogP contribution in [-0.2, 0) is 16.7 Å². The first-order chi connectivity index (χ1) is 17.2. The molecule has 0 spiro atoms. The SMILES string of the molecule is CC(C)=C(C)c1c([N+](=O)[O-])ccc(C(=O)c2cnn(CC(C)C)c2OS(=O)(=O)c2ccc(C)cc2)c1C. The highest BCUT2D eigenvalue weighted by Gasteiger charge is 2.29. The lowest BCUT2D eigenvalue weighted by Crippen LogP contribution is -2.17. The maximum absolute atomic E-state index is 13.8. The van der Waals surface area contributed by atoms with Gasteiger partial charge >= 0.3 is 10.1 Å². The minimum atomic E-state index is -4.27. The Bertz CT molecular complexity index is 1500. The molecule has 37 heavy (non-hydrogen) atoms. The molecular weight excluding hydrogens is 494 g/mol. The van der Waals surface area contributed by atoms with E-state index in [4.69, 9.17) is 4.18 Å². The molecule has 196 valence electrons. The molecule has 0 bridgehead atoms.